The maximum Gasteiger partial charge on any atom is 0.231 e. The summed E-state index contributed by atoms with van der Waals surface area (Å²) in [6.07, 6.45) is 3.05. The van der Waals surface area contributed by atoms with E-state index < -0.39 is 0 Å². The zero-order valence-corrected chi connectivity index (χ0v) is 11.3. The average Bonchev–Trinajstić information content (AvgIpc) is 2.68. The zero-order valence-electron chi connectivity index (χ0n) is 10.5. The Hall–Kier alpha value is -0.550. The quantitative estimate of drug-likeness (QED) is 0.797. The number of hydrogen-bond acceptors (Lipinski definition) is 5. The molecule has 0 aliphatic heterocycles. The molecule has 1 aromatic rings. The lowest BCUT2D eigenvalue weighted by molar-refractivity contribution is 0.316. The number of rotatable bonds is 7. The molecule has 92 valence electrons. The van der Waals surface area contributed by atoms with E-state index in [9.17, 15) is 0 Å². The number of nitrogens with zero attached hydrogens (tertiary/aromatic N) is 2. The second kappa shape index (κ2) is 6.91. The van der Waals surface area contributed by atoms with Gasteiger partial charge in [-0.2, -0.15) is 16.7 Å². The Kier molecular flexibility index (Phi) is 5.84. The monoisotopic (exact) mass is 243 g/mol. The molecule has 0 saturated carbocycles. The van der Waals surface area contributed by atoms with E-state index >= 15 is 0 Å². The maximum absolute atomic E-state index is 5.32. The fourth-order valence-electron chi connectivity index (χ4n) is 1.81. The topological polar surface area (TPSA) is 51.0 Å². The summed E-state index contributed by atoms with van der Waals surface area (Å²) in [6.45, 7) is 7.38. The van der Waals surface area contributed by atoms with Gasteiger partial charge in [0.05, 0.1) is 11.7 Å². The molecule has 1 heterocycles. The van der Waals surface area contributed by atoms with Gasteiger partial charge in [-0.15, -0.1) is 0 Å². The van der Waals surface area contributed by atoms with Gasteiger partial charge in [0.15, 0.2) is 5.82 Å². The predicted octanol–water partition coefficient (Wildman–Crippen LogP) is 2.42. The van der Waals surface area contributed by atoms with Crippen molar-refractivity contribution < 1.29 is 4.52 Å². The van der Waals surface area contributed by atoms with Gasteiger partial charge >= 0.3 is 0 Å². The summed E-state index contributed by atoms with van der Waals surface area (Å²) in [5.41, 5.74) is 0. The van der Waals surface area contributed by atoms with Gasteiger partial charge in [-0.25, -0.2) is 0 Å². The molecule has 0 spiro atoms. The van der Waals surface area contributed by atoms with Crippen LogP contribution in [0.4, 0.5) is 0 Å². The van der Waals surface area contributed by atoms with Crippen LogP contribution in [0.25, 0.3) is 0 Å². The van der Waals surface area contributed by atoms with Gasteiger partial charge in [-0.3, -0.25) is 0 Å². The van der Waals surface area contributed by atoms with Crippen molar-refractivity contribution in [2.24, 2.45) is 0 Å². The third kappa shape index (κ3) is 3.49. The molecule has 4 nitrogen and oxygen atoms in total. The van der Waals surface area contributed by atoms with Crippen molar-refractivity contribution in [3.8, 4) is 0 Å². The Labute approximate surface area is 102 Å². The third-order valence-corrected chi connectivity index (χ3v) is 3.19. The molecule has 2 atom stereocenters. The van der Waals surface area contributed by atoms with E-state index in [0.717, 1.165) is 30.4 Å². The number of likely N-dealkylation sites (N-methyl/N-ethyl adjacent to an activating group) is 1. The van der Waals surface area contributed by atoms with E-state index in [0.29, 0.717) is 12.0 Å². The Bertz CT molecular complexity index is 303. The van der Waals surface area contributed by atoms with Crippen molar-refractivity contribution in [1.82, 2.24) is 15.5 Å². The molecule has 0 fully saturated rings. The van der Waals surface area contributed by atoms with Crippen LogP contribution in [0.15, 0.2) is 4.52 Å². The first-order valence-corrected chi connectivity index (χ1v) is 7.17. The molecule has 16 heavy (non-hydrogen) atoms. The first kappa shape index (κ1) is 13.5. The average molecular weight is 243 g/mol. The second-order valence-electron chi connectivity index (χ2n) is 3.84. The first-order valence-electron chi connectivity index (χ1n) is 5.77. The summed E-state index contributed by atoms with van der Waals surface area (Å²) in [5, 5.41) is 7.39. The summed E-state index contributed by atoms with van der Waals surface area (Å²) >= 11 is 1.71. The highest BCUT2D eigenvalue weighted by Gasteiger charge is 2.22. The van der Waals surface area contributed by atoms with Crippen LogP contribution in [0, 0.1) is 0 Å². The summed E-state index contributed by atoms with van der Waals surface area (Å²) in [5.74, 6) is 2.68. The van der Waals surface area contributed by atoms with Gasteiger partial charge in [-0.1, -0.05) is 19.0 Å². The Morgan fingerprint density at radius 1 is 1.44 bits per heavy atom. The van der Waals surface area contributed by atoms with Crippen molar-refractivity contribution in [3.05, 3.63) is 11.7 Å². The molecule has 5 heteroatoms. The van der Waals surface area contributed by atoms with Crippen LogP contribution in [0.2, 0.25) is 0 Å². The summed E-state index contributed by atoms with van der Waals surface area (Å²) in [6, 6.07) is 0.373. The molecule has 1 rings (SSSR count). The van der Waals surface area contributed by atoms with E-state index in [4.69, 9.17) is 4.52 Å². The van der Waals surface area contributed by atoms with Crippen molar-refractivity contribution >= 4 is 11.8 Å². The van der Waals surface area contributed by atoms with Crippen LogP contribution in [0.1, 0.15) is 44.8 Å². The fourth-order valence-corrected chi connectivity index (χ4v) is 2.19. The Morgan fingerprint density at radius 3 is 2.75 bits per heavy atom. The maximum atomic E-state index is 5.32. The van der Waals surface area contributed by atoms with Crippen molar-refractivity contribution in [3.63, 3.8) is 0 Å². The highest BCUT2D eigenvalue weighted by Crippen LogP contribution is 2.22. The second-order valence-corrected chi connectivity index (χ2v) is 4.71. The largest absolute Gasteiger partial charge is 0.339 e. The summed E-state index contributed by atoms with van der Waals surface area (Å²) < 4.78 is 5.32. The van der Waals surface area contributed by atoms with E-state index in [-0.39, 0.29) is 0 Å². The number of hydrogen-bond donors (Lipinski definition) is 1. The van der Waals surface area contributed by atoms with E-state index in [1.54, 1.807) is 11.8 Å². The number of nitrogens with one attached hydrogen (secondary N) is 1. The molecule has 1 aromatic heterocycles. The standard InChI is InChI=1S/C11H21N3OS/c1-5-9(8(3)12-6-2)11-13-10(7-16-4)14-15-11/h8-9,12H,5-7H2,1-4H3. The smallest absolute Gasteiger partial charge is 0.231 e. The van der Waals surface area contributed by atoms with Crippen molar-refractivity contribution in [2.75, 3.05) is 12.8 Å². The van der Waals surface area contributed by atoms with Gasteiger partial charge in [0.25, 0.3) is 0 Å². The molecular formula is C11H21N3OS. The molecule has 0 aliphatic carbocycles. The molecule has 0 bridgehead atoms. The first-order chi connectivity index (χ1) is 7.72. The van der Waals surface area contributed by atoms with Crippen LogP contribution in [-0.2, 0) is 5.75 Å². The minimum absolute atomic E-state index is 0.308. The molecule has 0 aliphatic rings. The molecular weight excluding hydrogens is 222 g/mol. The van der Waals surface area contributed by atoms with Crippen molar-refractivity contribution in [1.29, 1.82) is 0 Å². The van der Waals surface area contributed by atoms with Gasteiger partial charge in [0.1, 0.15) is 0 Å². The van der Waals surface area contributed by atoms with Gasteiger partial charge in [0, 0.05) is 6.04 Å². The molecule has 1 N–H and O–H groups in total. The minimum atomic E-state index is 0.308. The van der Waals surface area contributed by atoms with Gasteiger partial charge < -0.3 is 9.84 Å². The molecule has 0 aromatic carbocycles. The van der Waals surface area contributed by atoms with Gasteiger partial charge in [0.2, 0.25) is 5.89 Å². The van der Waals surface area contributed by atoms with Gasteiger partial charge in [-0.05, 0) is 26.1 Å². The lowest BCUT2D eigenvalue weighted by Crippen LogP contribution is -2.31. The molecule has 2 unspecified atom stereocenters. The Morgan fingerprint density at radius 2 is 2.19 bits per heavy atom. The molecule has 0 radical (unpaired) electrons. The number of aromatic nitrogens is 2. The predicted molar refractivity (Wildman–Crippen MR) is 67.7 cm³/mol. The van der Waals surface area contributed by atoms with E-state index in [2.05, 4.69) is 36.2 Å². The lowest BCUT2D eigenvalue weighted by Gasteiger charge is -2.19. The van der Waals surface area contributed by atoms with Crippen LogP contribution in [-0.4, -0.2) is 29.0 Å². The normalized spacial score (nSPS) is 15.0. The SMILES string of the molecule is CCNC(C)C(CC)c1nc(CSC)no1. The highest BCUT2D eigenvalue weighted by atomic mass is 32.2. The van der Waals surface area contributed by atoms with Crippen LogP contribution < -0.4 is 5.32 Å². The van der Waals surface area contributed by atoms with Crippen LogP contribution >= 0.6 is 11.8 Å². The van der Waals surface area contributed by atoms with Crippen LogP contribution in [0.3, 0.4) is 0 Å². The van der Waals surface area contributed by atoms with E-state index in [1.165, 1.54) is 0 Å². The molecule has 0 saturated heterocycles. The lowest BCUT2D eigenvalue weighted by atomic mass is 9.98. The van der Waals surface area contributed by atoms with Crippen molar-refractivity contribution in [2.45, 2.75) is 44.9 Å². The Balaban J connectivity index is 2.70. The van der Waals surface area contributed by atoms with E-state index in [1.807, 2.05) is 6.26 Å². The number of thioether (sulfide) groups is 1. The summed E-state index contributed by atoms with van der Waals surface area (Å²) in [7, 11) is 0. The fraction of sp³-hybridized carbons (Fsp3) is 0.818. The molecule has 0 amide bonds. The van der Waals surface area contributed by atoms with Crippen LogP contribution in [0.5, 0.6) is 0 Å². The minimum Gasteiger partial charge on any atom is -0.339 e. The summed E-state index contributed by atoms with van der Waals surface area (Å²) in [4.78, 5) is 4.44. The zero-order chi connectivity index (χ0) is 12.0. The highest BCUT2D eigenvalue weighted by molar-refractivity contribution is 7.97. The third-order valence-electron chi connectivity index (χ3n) is 2.64.